The third kappa shape index (κ3) is 3.93. The molecular weight excluding hydrogens is 268 g/mol. The molecule has 0 N–H and O–H groups in total. The summed E-state index contributed by atoms with van der Waals surface area (Å²) >= 11 is 0.496. The zero-order valence-electron chi connectivity index (χ0n) is 10.8. The highest BCUT2D eigenvalue weighted by molar-refractivity contribution is 7.99. The molecule has 5 heteroatoms. The number of hydrogen-bond donors (Lipinski definition) is 0. The Balaban J connectivity index is 1.99. The van der Waals surface area contributed by atoms with Gasteiger partial charge in [0.1, 0.15) is 0 Å². The molecule has 1 aliphatic rings. The molecule has 2 nitrogen and oxygen atoms in total. The molecule has 1 amide bonds. The molecular formula is C14H17F2NOS. The van der Waals surface area contributed by atoms with Gasteiger partial charge in [-0.1, -0.05) is 18.7 Å². The summed E-state index contributed by atoms with van der Waals surface area (Å²) in [6.45, 7) is 3.76. The molecule has 0 aromatic heterocycles. The van der Waals surface area contributed by atoms with Crippen molar-refractivity contribution < 1.29 is 13.6 Å². The highest BCUT2D eigenvalue weighted by Gasteiger charge is 2.21. The summed E-state index contributed by atoms with van der Waals surface area (Å²) in [5, 5.41) is 0. The first kappa shape index (κ1) is 14.3. The van der Waals surface area contributed by atoms with Crippen molar-refractivity contribution >= 4 is 17.7 Å². The van der Waals surface area contributed by atoms with Crippen molar-refractivity contribution in [3.05, 3.63) is 29.8 Å². The number of rotatable bonds is 3. The molecule has 1 aliphatic heterocycles. The number of benzene rings is 1. The fourth-order valence-corrected chi connectivity index (χ4v) is 2.67. The topological polar surface area (TPSA) is 20.3 Å². The first-order valence-electron chi connectivity index (χ1n) is 6.40. The van der Waals surface area contributed by atoms with E-state index in [1.165, 1.54) is 0 Å². The molecule has 19 heavy (non-hydrogen) atoms. The maximum Gasteiger partial charge on any atom is 0.288 e. The van der Waals surface area contributed by atoms with Gasteiger partial charge < -0.3 is 4.90 Å². The molecule has 104 valence electrons. The monoisotopic (exact) mass is 285 g/mol. The first-order valence-corrected chi connectivity index (χ1v) is 7.28. The highest BCUT2D eigenvalue weighted by atomic mass is 32.2. The van der Waals surface area contributed by atoms with Gasteiger partial charge in [0.05, 0.1) is 0 Å². The number of halogens is 2. The summed E-state index contributed by atoms with van der Waals surface area (Å²) in [6, 6.07) is 6.42. The lowest BCUT2D eigenvalue weighted by Gasteiger charge is -2.30. The first-order chi connectivity index (χ1) is 9.06. The Morgan fingerprint density at radius 2 is 1.84 bits per heavy atom. The normalized spacial score (nSPS) is 16.9. The predicted molar refractivity (Wildman–Crippen MR) is 72.6 cm³/mol. The maximum absolute atomic E-state index is 12.2. The van der Waals surface area contributed by atoms with Crippen LogP contribution in [0.3, 0.4) is 0 Å². The molecule has 0 spiro atoms. The summed E-state index contributed by atoms with van der Waals surface area (Å²) < 4.78 is 24.4. The lowest BCUT2D eigenvalue weighted by molar-refractivity contribution is 0.0697. The van der Waals surface area contributed by atoms with Crippen molar-refractivity contribution in [1.29, 1.82) is 0 Å². The van der Waals surface area contributed by atoms with E-state index in [0.717, 1.165) is 25.9 Å². The van der Waals surface area contributed by atoms with Crippen molar-refractivity contribution in [2.45, 2.75) is 30.4 Å². The molecule has 1 aromatic carbocycles. The van der Waals surface area contributed by atoms with Gasteiger partial charge in [-0.15, -0.1) is 0 Å². The van der Waals surface area contributed by atoms with E-state index in [9.17, 15) is 13.6 Å². The Kier molecular flexibility index (Phi) is 4.80. The predicted octanol–water partition coefficient (Wildman–Crippen LogP) is 3.87. The van der Waals surface area contributed by atoms with Gasteiger partial charge in [0.15, 0.2) is 0 Å². The van der Waals surface area contributed by atoms with E-state index in [1.54, 1.807) is 24.3 Å². The van der Waals surface area contributed by atoms with E-state index in [2.05, 4.69) is 6.92 Å². The van der Waals surface area contributed by atoms with Gasteiger partial charge in [-0.05, 0) is 43.0 Å². The minimum Gasteiger partial charge on any atom is -0.339 e. The molecule has 1 heterocycles. The maximum atomic E-state index is 12.2. The fraction of sp³-hybridized carbons (Fsp3) is 0.500. The SMILES string of the molecule is CC1CCN(C(=O)c2ccc(SC(F)F)cc2)CC1. The van der Waals surface area contributed by atoms with Crippen LogP contribution in [0.2, 0.25) is 0 Å². The molecule has 0 radical (unpaired) electrons. The average Bonchev–Trinajstić information content (AvgIpc) is 2.39. The Labute approximate surface area is 116 Å². The van der Waals surface area contributed by atoms with Crippen molar-refractivity contribution in [2.24, 2.45) is 5.92 Å². The van der Waals surface area contributed by atoms with Gasteiger partial charge in [-0.2, -0.15) is 8.78 Å². The van der Waals surface area contributed by atoms with Crippen LogP contribution >= 0.6 is 11.8 Å². The molecule has 1 saturated heterocycles. The number of thioether (sulfide) groups is 1. The summed E-state index contributed by atoms with van der Waals surface area (Å²) in [6.07, 6.45) is 2.07. The van der Waals surface area contributed by atoms with Gasteiger partial charge in [-0.3, -0.25) is 4.79 Å². The van der Waals surface area contributed by atoms with Crippen LogP contribution < -0.4 is 0 Å². The van der Waals surface area contributed by atoms with Gasteiger partial charge in [0, 0.05) is 23.5 Å². The van der Waals surface area contributed by atoms with Crippen LogP contribution in [-0.2, 0) is 0 Å². The summed E-state index contributed by atoms with van der Waals surface area (Å²) in [7, 11) is 0. The second kappa shape index (κ2) is 6.37. The molecule has 1 aromatic rings. The third-order valence-corrected chi connectivity index (χ3v) is 4.12. The minimum atomic E-state index is -2.43. The molecule has 0 atom stereocenters. The van der Waals surface area contributed by atoms with Crippen LogP contribution in [0.1, 0.15) is 30.1 Å². The lowest BCUT2D eigenvalue weighted by atomic mass is 9.98. The van der Waals surface area contributed by atoms with Gasteiger partial charge in [0.2, 0.25) is 0 Å². The summed E-state index contributed by atoms with van der Waals surface area (Å²) in [5.74, 6) is -1.75. The Morgan fingerprint density at radius 3 is 2.37 bits per heavy atom. The van der Waals surface area contributed by atoms with Gasteiger partial charge in [0.25, 0.3) is 11.7 Å². The van der Waals surface area contributed by atoms with Crippen molar-refractivity contribution in [1.82, 2.24) is 4.90 Å². The quantitative estimate of drug-likeness (QED) is 0.786. The van der Waals surface area contributed by atoms with E-state index in [0.29, 0.717) is 28.1 Å². The number of likely N-dealkylation sites (tertiary alicyclic amines) is 1. The summed E-state index contributed by atoms with van der Waals surface area (Å²) in [4.78, 5) is 14.5. The number of nitrogens with zero attached hydrogens (tertiary/aromatic N) is 1. The highest BCUT2D eigenvalue weighted by Crippen LogP contribution is 2.25. The van der Waals surface area contributed by atoms with Crippen LogP contribution in [0.25, 0.3) is 0 Å². The van der Waals surface area contributed by atoms with Crippen molar-refractivity contribution in [3.8, 4) is 0 Å². The molecule has 2 rings (SSSR count). The number of carbonyl (C=O) groups excluding carboxylic acids is 1. The Bertz CT molecular complexity index is 428. The smallest absolute Gasteiger partial charge is 0.288 e. The number of amides is 1. The van der Waals surface area contributed by atoms with E-state index < -0.39 is 5.76 Å². The number of alkyl halides is 2. The zero-order valence-corrected chi connectivity index (χ0v) is 11.6. The van der Waals surface area contributed by atoms with Crippen LogP contribution in [-0.4, -0.2) is 29.7 Å². The van der Waals surface area contributed by atoms with Crippen molar-refractivity contribution in [2.75, 3.05) is 13.1 Å². The Hall–Kier alpha value is -1.10. The number of piperidine rings is 1. The number of hydrogen-bond acceptors (Lipinski definition) is 2. The molecule has 0 saturated carbocycles. The van der Waals surface area contributed by atoms with Crippen LogP contribution in [0.4, 0.5) is 8.78 Å². The standard InChI is InChI=1S/C14H17F2NOS/c1-10-6-8-17(9-7-10)13(18)11-2-4-12(5-3-11)19-14(15)16/h2-5,10,14H,6-9H2,1H3. The molecule has 0 unspecified atom stereocenters. The zero-order chi connectivity index (χ0) is 13.8. The summed E-state index contributed by atoms with van der Waals surface area (Å²) in [5.41, 5.74) is 0.577. The van der Waals surface area contributed by atoms with Crippen LogP contribution in [0, 0.1) is 5.92 Å². The molecule has 0 aliphatic carbocycles. The van der Waals surface area contributed by atoms with E-state index in [1.807, 2.05) is 4.90 Å². The Morgan fingerprint density at radius 1 is 1.26 bits per heavy atom. The van der Waals surface area contributed by atoms with Crippen molar-refractivity contribution in [3.63, 3.8) is 0 Å². The molecule has 1 fully saturated rings. The van der Waals surface area contributed by atoms with Crippen LogP contribution in [0.5, 0.6) is 0 Å². The number of carbonyl (C=O) groups is 1. The fourth-order valence-electron chi connectivity index (χ4n) is 2.17. The van der Waals surface area contributed by atoms with E-state index >= 15 is 0 Å². The lowest BCUT2D eigenvalue weighted by Crippen LogP contribution is -2.37. The van der Waals surface area contributed by atoms with Crippen LogP contribution in [0.15, 0.2) is 29.2 Å². The van der Waals surface area contributed by atoms with E-state index in [4.69, 9.17) is 0 Å². The van der Waals surface area contributed by atoms with E-state index in [-0.39, 0.29) is 5.91 Å². The minimum absolute atomic E-state index is 0.000460. The van der Waals surface area contributed by atoms with Gasteiger partial charge >= 0.3 is 0 Å². The second-order valence-corrected chi connectivity index (χ2v) is 5.94. The second-order valence-electron chi connectivity index (χ2n) is 4.88. The average molecular weight is 285 g/mol. The third-order valence-electron chi connectivity index (χ3n) is 3.40. The largest absolute Gasteiger partial charge is 0.339 e. The molecule has 0 bridgehead atoms. The van der Waals surface area contributed by atoms with Gasteiger partial charge in [-0.25, -0.2) is 0 Å².